The molecule has 1 aliphatic carbocycles. The predicted molar refractivity (Wildman–Crippen MR) is 139 cm³/mol. The summed E-state index contributed by atoms with van der Waals surface area (Å²) in [6.07, 6.45) is -1.45. The van der Waals surface area contributed by atoms with Gasteiger partial charge in [0, 0.05) is 31.3 Å². The Hall–Kier alpha value is -4.12. The lowest BCUT2D eigenvalue weighted by Crippen LogP contribution is -2.42. The molecule has 0 spiro atoms. The largest absolute Gasteiger partial charge is 0.435 e. The molecular formula is C29H24F5N5O. The zero-order valence-electron chi connectivity index (χ0n) is 21.4. The third-order valence-electron chi connectivity index (χ3n) is 7.23. The van der Waals surface area contributed by atoms with Crippen LogP contribution >= 0.6 is 0 Å². The number of benzene rings is 3. The summed E-state index contributed by atoms with van der Waals surface area (Å²) in [4.78, 5) is 4.38. The molecule has 0 aliphatic heterocycles. The van der Waals surface area contributed by atoms with Gasteiger partial charge in [0.1, 0.15) is 28.9 Å². The number of halogens is 5. The number of oxazole rings is 1. The highest BCUT2D eigenvalue weighted by Gasteiger charge is 2.37. The van der Waals surface area contributed by atoms with Crippen molar-refractivity contribution in [2.75, 3.05) is 6.54 Å². The van der Waals surface area contributed by atoms with Crippen LogP contribution in [-0.4, -0.2) is 32.0 Å². The van der Waals surface area contributed by atoms with Crippen LogP contribution in [0.2, 0.25) is 0 Å². The van der Waals surface area contributed by atoms with Gasteiger partial charge in [0.15, 0.2) is 11.4 Å². The van der Waals surface area contributed by atoms with Gasteiger partial charge >= 0.3 is 6.18 Å². The second-order valence-corrected chi connectivity index (χ2v) is 10.2. The number of nitrogens with zero attached hydrogens (tertiary/aromatic N) is 4. The zero-order valence-corrected chi connectivity index (χ0v) is 21.4. The van der Waals surface area contributed by atoms with E-state index in [1.807, 2.05) is 0 Å². The van der Waals surface area contributed by atoms with Crippen molar-refractivity contribution >= 4 is 11.1 Å². The molecule has 5 aromatic rings. The van der Waals surface area contributed by atoms with Crippen LogP contribution in [0.3, 0.4) is 0 Å². The third-order valence-corrected chi connectivity index (χ3v) is 7.23. The molecule has 0 radical (unpaired) electrons. The summed E-state index contributed by atoms with van der Waals surface area (Å²) in [5.74, 6) is 0.0110. The molecule has 0 amide bonds. The van der Waals surface area contributed by atoms with Crippen LogP contribution in [0.1, 0.15) is 30.4 Å². The topological polar surface area (TPSA) is 68.8 Å². The van der Waals surface area contributed by atoms with Crippen molar-refractivity contribution in [3.05, 3.63) is 77.9 Å². The second-order valence-electron chi connectivity index (χ2n) is 10.2. The fourth-order valence-corrected chi connectivity index (χ4v) is 5.00. The van der Waals surface area contributed by atoms with E-state index < -0.39 is 23.2 Å². The molecule has 11 heteroatoms. The fraction of sp³-hybridized carbons (Fsp3) is 0.276. The summed E-state index contributed by atoms with van der Waals surface area (Å²) in [6.45, 7) is 0.153. The van der Waals surface area contributed by atoms with E-state index in [9.17, 15) is 22.0 Å². The number of fused-ring (bicyclic) bond motifs is 1. The highest BCUT2D eigenvalue weighted by atomic mass is 19.4. The minimum absolute atomic E-state index is 0.00644. The fourth-order valence-electron chi connectivity index (χ4n) is 5.00. The second kappa shape index (κ2) is 9.81. The van der Waals surface area contributed by atoms with Crippen LogP contribution in [0.15, 0.2) is 65.3 Å². The number of aryl methyl sites for hydroxylation is 1. The van der Waals surface area contributed by atoms with Crippen molar-refractivity contribution in [1.29, 1.82) is 0 Å². The first-order chi connectivity index (χ1) is 19.1. The lowest BCUT2D eigenvalue weighted by Gasteiger charge is -2.33. The van der Waals surface area contributed by atoms with Crippen LogP contribution < -0.4 is 5.32 Å². The summed E-state index contributed by atoms with van der Waals surface area (Å²) < 4.78 is 77.9. The Morgan fingerprint density at radius 3 is 2.52 bits per heavy atom. The Labute approximate surface area is 225 Å². The molecule has 206 valence electrons. The number of rotatable bonds is 7. The van der Waals surface area contributed by atoms with Gasteiger partial charge in [0.2, 0.25) is 5.89 Å². The Balaban J connectivity index is 1.37. The van der Waals surface area contributed by atoms with Gasteiger partial charge in [-0.3, -0.25) is 0 Å². The number of hydrogen-bond acceptors (Lipinski definition) is 5. The van der Waals surface area contributed by atoms with E-state index in [1.165, 1.54) is 24.5 Å². The van der Waals surface area contributed by atoms with E-state index in [4.69, 9.17) is 4.42 Å². The van der Waals surface area contributed by atoms with E-state index in [0.717, 1.165) is 12.5 Å². The molecule has 0 atom stereocenters. The van der Waals surface area contributed by atoms with Crippen LogP contribution in [0.25, 0.3) is 45.1 Å². The lowest BCUT2D eigenvalue weighted by atomic mass is 9.82. The number of alkyl halides is 4. The molecule has 1 saturated carbocycles. The third kappa shape index (κ3) is 4.97. The SMILES string of the molecule is Cn1cnnc1-c1cc(F)ccc1-c1cccc(-c2nc3cc(CNCC4(F)CCC4)cc(C(F)(F)F)c3o2)c1. The van der Waals surface area contributed by atoms with Crippen LogP contribution in [0.5, 0.6) is 0 Å². The zero-order chi connectivity index (χ0) is 28.1. The minimum atomic E-state index is -4.68. The number of aromatic nitrogens is 4. The predicted octanol–water partition coefficient (Wildman–Crippen LogP) is 7.10. The molecule has 40 heavy (non-hydrogen) atoms. The van der Waals surface area contributed by atoms with Gasteiger partial charge in [0.05, 0.1) is 0 Å². The molecule has 3 aromatic carbocycles. The monoisotopic (exact) mass is 553 g/mol. The Bertz CT molecular complexity index is 1700. The Morgan fingerprint density at radius 1 is 1.02 bits per heavy atom. The average Bonchev–Trinajstić information content (AvgIpc) is 3.53. The maximum absolute atomic E-state index is 14.3. The highest BCUT2D eigenvalue weighted by molar-refractivity contribution is 5.84. The number of hydrogen-bond donors (Lipinski definition) is 1. The molecule has 0 bridgehead atoms. The summed E-state index contributed by atoms with van der Waals surface area (Å²) in [6, 6.07) is 13.7. The van der Waals surface area contributed by atoms with Crippen molar-refractivity contribution in [2.45, 2.75) is 37.7 Å². The van der Waals surface area contributed by atoms with Gasteiger partial charge < -0.3 is 14.3 Å². The van der Waals surface area contributed by atoms with Crippen molar-refractivity contribution < 1.29 is 26.4 Å². The first-order valence-corrected chi connectivity index (χ1v) is 12.7. The molecule has 0 saturated heterocycles. The molecule has 2 heterocycles. The van der Waals surface area contributed by atoms with Crippen LogP contribution in [0, 0.1) is 5.82 Å². The van der Waals surface area contributed by atoms with Gasteiger partial charge in [-0.25, -0.2) is 13.8 Å². The van der Waals surface area contributed by atoms with Gasteiger partial charge in [-0.15, -0.1) is 10.2 Å². The normalized spacial score (nSPS) is 14.9. The molecule has 2 aromatic heterocycles. The standard InChI is InChI=1S/C29H24F5N5O/c1-39-16-36-38-26(39)22-13-20(30)6-7-21(22)18-4-2-5-19(12-18)27-37-24-11-17(14-35-15-28(31)8-3-9-28)10-23(25(24)40-27)29(32,33)34/h2,4-7,10-13,16,35H,3,8-9,14-15H2,1H3. The average molecular weight is 554 g/mol. The summed E-state index contributed by atoms with van der Waals surface area (Å²) >= 11 is 0. The molecule has 0 unspecified atom stereocenters. The van der Waals surface area contributed by atoms with Crippen molar-refractivity contribution in [3.63, 3.8) is 0 Å². The highest BCUT2D eigenvalue weighted by Crippen LogP contribution is 2.39. The molecular weight excluding hydrogens is 529 g/mol. The van der Waals surface area contributed by atoms with Crippen molar-refractivity contribution in [3.8, 4) is 34.0 Å². The lowest BCUT2D eigenvalue weighted by molar-refractivity contribution is -0.136. The number of nitrogens with one attached hydrogen (secondary N) is 1. The minimum Gasteiger partial charge on any atom is -0.435 e. The van der Waals surface area contributed by atoms with Gasteiger partial charge in [0.25, 0.3) is 0 Å². The van der Waals surface area contributed by atoms with E-state index in [2.05, 4.69) is 20.5 Å². The Morgan fingerprint density at radius 2 is 1.82 bits per heavy atom. The van der Waals surface area contributed by atoms with Gasteiger partial charge in [-0.2, -0.15) is 13.2 Å². The van der Waals surface area contributed by atoms with Crippen molar-refractivity contribution in [1.82, 2.24) is 25.1 Å². The van der Waals surface area contributed by atoms with Crippen LogP contribution in [-0.2, 0) is 19.8 Å². The summed E-state index contributed by atoms with van der Waals surface area (Å²) in [5.41, 5.74) is 0.0231. The van der Waals surface area contributed by atoms with Gasteiger partial charge in [-0.1, -0.05) is 18.2 Å². The van der Waals surface area contributed by atoms with E-state index in [0.29, 0.717) is 46.5 Å². The van der Waals surface area contributed by atoms with Gasteiger partial charge in [-0.05, 0) is 72.4 Å². The molecule has 1 aliphatic rings. The molecule has 1 fully saturated rings. The maximum Gasteiger partial charge on any atom is 0.420 e. The molecule has 6 rings (SSSR count). The molecule has 6 nitrogen and oxygen atoms in total. The smallest absolute Gasteiger partial charge is 0.420 e. The Kier molecular flexibility index (Phi) is 6.41. The van der Waals surface area contributed by atoms with Crippen molar-refractivity contribution in [2.24, 2.45) is 7.05 Å². The van der Waals surface area contributed by atoms with E-state index in [-0.39, 0.29) is 30.1 Å². The van der Waals surface area contributed by atoms with Crippen LogP contribution in [0.4, 0.5) is 22.0 Å². The molecule has 1 N–H and O–H groups in total. The van der Waals surface area contributed by atoms with E-state index >= 15 is 0 Å². The first kappa shape index (κ1) is 26.1. The summed E-state index contributed by atoms with van der Waals surface area (Å²) in [7, 11) is 1.74. The first-order valence-electron chi connectivity index (χ1n) is 12.7. The quantitative estimate of drug-likeness (QED) is 0.218. The van der Waals surface area contributed by atoms with E-state index in [1.54, 1.807) is 41.9 Å². The maximum atomic E-state index is 14.3. The summed E-state index contributed by atoms with van der Waals surface area (Å²) in [5, 5.41) is 10.9.